The first-order chi connectivity index (χ1) is 9.90. The van der Waals surface area contributed by atoms with Gasteiger partial charge < -0.3 is 4.90 Å². The van der Waals surface area contributed by atoms with Gasteiger partial charge >= 0.3 is 0 Å². The van der Waals surface area contributed by atoms with Crippen LogP contribution in [0.4, 0.5) is 4.39 Å². The summed E-state index contributed by atoms with van der Waals surface area (Å²) in [6, 6.07) is 12.4. The highest BCUT2D eigenvalue weighted by Gasteiger charge is 2.19. The molecule has 0 aliphatic carbocycles. The monoisotopic (exact) mass is 349 g/mol. The molecule has 0 heterocycles. The molecule has 110 valence electrons. The van der Waals surface area contributed by atoms with Crippen molar-refractivity contribution in [3.05, 3.63) is 69.4 Å². The molecule has 2 nitrogen and oxygen atoms in total. The molecule has 0 fully saturated rings. The fraction of sp³-hybridized carbons (Fsp3) is 0.235. The molecule has 0 aromatic heterocycles. The van der Waals surface area contributed by atoms with Crippen molar-refractivity contribution < 1.29 is 9.18 Å². The lowest BCUT2D eigenvalue weighted by molar-refractivity contribution is 0.0742. The van der Waals surface area contributed by atoms with Crippen LogP contribution in [0.15, 0.2) is 46.9 Å². The first-order valence-corrected chi connectivity index (χ1v) is 7.48. The van der Waals surface area contributed by atoms with Crippen LogP contribution in [0.25, 0.3) is 0 Å². The molecule has 1 amide bonds. The summed E-state index contributed by atoms with van der Waals surface area (Å²) in [5.74, 6) is -0.633. The molecule has 0 N–H and O–H groups in total. The van der Waals surface area contributed by atoms with Gasteiger partial charge in [0, 0.05) is 12.6 Å². The molecule has 0 aliphatic rings. The van der Waals surface area contributed by atoms with E-state index in [1.54, 1.807) is 24.1 Å². The number of benzene rings is 2. The summed E-state index contributed by atoms with van der Waals surface area (Å²) in [4.78, 5) is 14.1. The number of nitrogens with zero attached hydrogens (tertiary/aromatic N) is 1. The van der Waals surface area contributed by atoms with Gasteiger partial charge in [0.05, 0.1) is 10.5 Å². The Labute approximate surface area is 132 Å². The number of aryl methyl sites for hydroxylation is 1. The van der Waals surface area contributed by atoms with Crippen LogP contribution < -0.4 is 0 Å². The van der Waals surface area contributed by atoms with Crippen molar-refractivity contribution in [1.82, 2.24) is 4.90 Å². The van der Waals surface area contributed by atoms with Crippen molar-refractivity contribution in [2.45, 2.75) is 19.9 Å². The number of amides is 1. The van der Waals surface area contributed by atoms with E-state index in [-0.39, 0.29) is 11.9 Å². The molecule has 0 radical (unpaired) electrons. The number of hydrogen-bond acceptors (Lipinski definition) is 1. The Bertz CT molecular complexity index is 654. The minimum atomic E-state index is -0.433. The van der Waals surface area contributed by atoms with Gasteiger partial charge in [-0.3, -0.25) is 4.79 Å². The number of carbonyl (C=O) groups excluding carboxylic acids is 1. The molecule has 0 aliphatic heterocycles. The highest BCUT2D eigenvalue weighted by Crippen LogP contribution is 2.23. The lowest BCUT2D eigenvalue weighted by Crippen LogP contribution is -2.29. The fourth-order valence-corrected chi connectivity index (χ4v) is 2.32. The van der Waals surface area contributed by atoms with Crippen molar-refractivity contribution in [2.75, 3.05) is 7.05 Å². The van der Waals surface area contributed by atoms with Crippen LogP contribution in [0.1, 0.15) is 34.5 Å². The van der Waals surface area contributed by atoms with Crippen LogP contribution in [0.2, 0.25) is 0 Å². The van der Waals surface area contributed by atoms with Crippen molar-refractivity contribution in [2.24, 2.45) is 0 Å². The van der Waals surface area contributed by atoms with Crippen molar-refractivity contribution >= 4 is 21.8 Å². The smallest absolute Gasteiger partial charge is 0.254 e. The van der Waals surface area contributed by atoms with Crippen molar-refractivity contribution in [3.8, 4) is 0 Å². The van der Waals surface area contributed by atoms with Crippen molar-refractivity contribution in [1.29, 1.82) is 0 Å². The molecule has 0 bridgehead atoms. The van der Waals surface area contributed by atoms with E-state index in [4.69, 9.17) is 0 Å². The van der Waals surface area contributed by atoms with E-state index in [1.165, 1.54) is 11.6 Å². The number of rotatable bonds is 3. The predicted molar refractivity (Wildman–Crippen MR) is 85.8 cm³/mol. The maximum absolute atomic E-state index is 13.6. The van der Waals surface area contributed by atoms with Crippen LogP contribution >= 0.6 is 15.9 Å². The summed E-state index contributed by atoms with van der Waals surface area (Å²) in [7, 11) is 1.73. The van der Waals surface area contributed by atoms with E-state index in [9.17, 15) is 9.18 Å². The molecule has 2 aromatic carbocycles. The summed E-state index contributed by atoms with van der Waals surface area (Å²) >= 11 is 3.09. The van der Waals surface area contributed by atoms with Gasteiger partial charge in [-0.05, 0) is 53.5 Å². The summed E-state index contributed by atoms with van der Waals surface area (Å²) < 4.78 is 13.9. The maximum Gasteiger partial charge on any atom is 0.254 e. The summed E-state index contributed by atoms with van der Waals surface area (Å²) in [5, 5.41) is 0. The summed E-state index contributed by atoms with van der Waals surface area (Å²) in [6.07, 6.45) is 0. The zero-order valence-electron chi connectivity index (χ0n) is 12.2. The van der Waals surface area contributed by atoms with Crippen LogP contribution in [-0.4, -0.2) is 17.9 Å². The molecular weight excluding hydrogens is 333 g/mol. The largest absolute Gasteiger partial charge is 0.335 e. The van der Waals surface area contributed by atoms with Gasteiger partial charge in [0.2, 0.25) is 0 Å². The van der Waals surface area contributed by atoms with Gasteiger partial charge in [0.1, 0.15) is 5.82 Å². The maximum atomic E-state index is 13.6. The summed E-state index contributed by atoms with van der Waals surface area (Å²) in [6.45, 7) is 3.98. The zero-order valence-corrected chi connectivity index (χ0v) is 13.8. The van der Waals surface area contributed by atoms with Crippen LogP contribution in [0.3, 0.4) is 0 Å². The van der Waals surface area contributed by atoms with Gasteiger partial charge in [0.15, 0.2) is 0 Å². The Morgan fingerprint density at radius 1 is 1.19 bits per heavy atom. The molecule has 0 saturated carbocycles. The Morgan fingerprint density at radius 2 is 1.81 bits per heavy atom. The molecule has 0 spiro atoms. The quantitative estimate of drug-likeness (QED) is 0.784. The first-order valence-electron chi connectivity index (χ1n) is 6.69. The molecule has 1 atom stereocenters. The van der Waals surface area contributed by atoms with E-state index in [0.29, 0.717) is 10.0 Å². The van der Waals surface area contributed by atoms with E-state index >= 15 is 0 Å². The van der Waals surface area contributed by atoms with Gasteiger partial charge in [-0.1, -0.05) is 29.8 Å². The Morgan fingerprint density at radius 3 is 2.38 bits per heavy atom. The first kappa shape index (κ1) is 15.7. The normalized spacial score (nSPS) is 12.0. The zero-order chi connectivity index (χ0) is 15.6. The second kappa shape index (κ2) is 6.39. The van der Waals surface area contributed by atoms with Gasteiger partial charge in [0.25, 0.3) is 5.91 Å². The molecule has 1 unspecified atom stereocenters. The third-order valence-corrected chi connectivity index (χ3v) is 4.27. The molecule has 2 aromatic rings. The van der Waals surface area contributed by atoms with Crippen molar-refractivity contribution in [3.63, 3.8) is 0 Å². The van der Waals surface area contributed by atoms with Gasteiger partial charge in [-0.15, -0.1) is 0 Å². The van der Waals surface area contributed by atoms with E-state index in [0.717, 1.165) is 5.56 Å². The summed E-state index contributed by atoms with van der Waals surface area (Å²) in [5.41, 5.74) is 2.57. The lowest BCUT2D eigenvalue weighted by Gasteiger charge is -2.25. The number of halogens is 2. The average molecular weight is 350 g/mol. The lowest BCUT2D eigenvalue weighted by atomic mass is 10.0. The van der Waals surface area contributed by atoms with E-state index in [1.807, 2.05) is 38.1 Å². The average Bonchev–Trinajstić information content (AvgIpc) is 2.48. The van der Waals surface area contributed by atoms with Crippen LogP contribution in [0, 0.1) is 12.7 Å². The number of hydrogen-bond donors (Lipinski definition) is 0. The molecule has 2 rings (SSSR count). The van der Waals surface area contributed by atoms with E-state index in [2.05, 4.69) is 15.9 Å². The van der Waals surface area contributed by atoms with E-state index < -0.39 is 5.82 Å². The second-order valence-electron chi connectivity index (χ2n) is 5.13. The third-order valence-electron chi connectivity index (χ3n) is 3.63. The Kier molecular flexibility index (Phi) is 4.78. The third kappa shape index (κ3) is 3.50. The van der Waals surface area contributed by atoms with Gasteiger partial charge in [-0.25, -0.2) is 4.39 Å². The molecular formula is C17H17BrFNO. The minimum Gasteiger partial charge on any atom is -0.335 e. The highest BCUT2D eigenvalue weighted by atomic mass is 79.9. The molecule has 4 heteroatoms. The number of carbonyl (C=O) groups is 1. The Balaban J connectivity index is 2.21. The fourth-order valence-electron chi connectivity index (χ4n) is 2.08. The highest BCUT2D eigenvalue weighted by molar-refractivity contribution is 9.10. The standard InChI is InChI=1S/C17H17BrFNO/c1-11-4-6-13(7-5-11)12(2)20(3)17(21)14-8-9-15(18)16(19)10-14/h4-10,12H,1-3H3. The van der Waals surface area contributed by atoms with Gasteiger partial charge in [-0.2, -0.15) is 0 Å². The molecule has 21 heavy (non-hydrogen) atoms. The Hall–Kier alpha value is -1.68. The second-order valence-corrected chi connectivity index (χ2v) is 5.99. The SMILES string of the molecule is Cc1ccc(C(C)N(C)C(=O)c2ccc(Br)c(F)c2)cc1. The minimum absolute atomic E-state index is 0.0789. The van der Waals surface area contributed by atoms with Crippen LogP contribution in [0.5, 0.6) is 0 Å². The van der Waals surface area contributed by atoms with Crippen LogP contribution in [-0.2, 0) is 0 Å². The molecule has 0 saturated heterocycles. The predicted octanol–water partition coefficient (Wildman–Crippen LogP) is 4.73. The topological polar surface area (TPSA) is 20.3 Å².